The lowest BCUT2D eigenvalue weighted by molar-refractivity contribution is -0.119. The summed E-state index contributed by atoms with van der Waals surface area (Å²) in [6, 6.07) is 13.1. The Labute approximate surface area is 182 Å². The summed E-state index contributed by atoms with van der Waals surface area (Å²) in [7, 11) is -3.95. The number of halogens is 1. The maximum absolute atomic E-state index is 13.3. The van der Waals surface area contributed by atoms with E-state index in [0.717, 1.165) is 17.4 Å². The van der Waals surface area contributed by atoms with Crippen molar-refractivity contribution in [2.24, 2.45) is 0 Å². The van der Waals surface area contributed by atoms with Gasteiger partial charge in [0.05, 0.1) is 23.8 Å². The zero-order valence-corrected chi connectivity index (χ0v) is 18.5. The van der Waals surface area contributed by atoms with Crippen molar-refractivity contribution in [3.05, 3.63) is 59.1 Å². The van der Waals surface area contributed by atoms with E-state index in [4.69, 9.17) is 16.3 Å². The van der Waals surface area contributed by atoms with Crippen molar-refractivity contribution in [3.63, 3.8) is 0 Å². The van der Waals surface area contributed by atoms with Gasteiger partial charge in [0.2, 0.25) is 5.91 Å². The summed E-state index contributed by atoms with van der Waals surface area (Å²) in [5.41, 5.74) is 0.981. The zero-order valence-electron chi connectivity index (χ0n) is 16.9. The fourth-order valence-electron chi connectivity index (χ4n) is 3.25. The van der Waals surface area contributed by atoms with Gasteiger partial charge in [-0.15, -0.1) is 0 Å². The SMILES string of the molecule is Cc1c(Cl)cccc1N(CC(=O)NCCN1CCOCC1)S(=O)(=O)c1ccccc1. The quantitative estimate of drug-likeness (QED) is 0.666. The Morgan fingerprint density at radius 3 is 2.53 bits per heavy atom. The van der Waals surface area contributed by atoms with Crippen LogP contribution in [0.4, 0.5) is 5.69 Å². The molecule has 2 aromatic rings. The van der Waals surface area contributed by atoms with E-state index in [1.165, 1.54) is 12.1 Å². The molecule has 2 aromatic carbocycles. The van der Waals surface area contributed by atoms with Gasteiger partial charge in [-0.1, -0.05) is 35.9 Å². The number of amides is 1. The lowest BCUT2D eigenvalue weighted by atomic mass is 10.2. The molecule has 1 amide bonds. The topological polar surface area (TPSA) is 79.0 Å². The maximum Gasteiger partial charge on any atom is 0.264 e. The average molecular weight is 452 g/mol. The van der Waals surface area contributed by atoms with Crippen molar-refractivity contribution in [3.8, 4) is 0 Å². The molecule has 9 heteroatoms. The molecule has 1 saturated heterocycles. The molecule has 0 unspecified atom stereocenters. The minimum atomic E-state index is -3.95. The molecule has 0 radical (unpaired) electrons. The van der Waals surface area contributed by atoms with Gasteiger partial charge in [-0.2, -0.15) is 0 Å². The minimum Gasteiger partial charge on any atom is -0.379 e. The first-order chi connectivity index (χ1) is 14.4. The van der Waals surface area contributed by atoms with Gasteiger partial charge in [0.15, 0.2) is 0 Å². The normalized spacial score (nSPS) is 15.0. The maximum atomic E-state index is 13.3. The first-order valence-electron chi connectivity index (χ1n) is 9.79. The second-order valence-corrected chi connectivity index (χ2v) is 9.28. The molecule has 1 aliphatic heterocycles. The molecule has 1 heterocycles. The van der Waals surface area contributed by atoms with Crippen molar-refractivity contribution in [2.75, 3.05) is 50.2 Å². The second kappa shape index (κ2) is 10.3. The van der Waals surface area contributed by atoms with Crippen LogP contribution in [0.2, 0.25) is 5.02 Å². The number of nitrogens with one attached hydrogen (secondary N) is 1. The van der Waals surface area contributed by atoms with Gasteiger partial charge in [0, 0.05) is 31.2 Å². The highest BCUT2D eigenvalue weighted by Gasteiger charge is 2.28. The molecule has 1 N–H and O–H groups in total. The summed E-state index contributed by atoms with van der Waals surface area (Å²) in [5.74, 6) is -0.373. The number of sulfonamides is 1. The summed E-state index contributed by atoms with van der Waals surface area (Å²) in [5, 5.41) is 3.27. The highest BCUT2D eigenvalue weighted by atomic mass is 35.5. The van der Waals surface area contributed by atoms with Gasteiger partial charge in [-0.05, 0) is 36.8 Å². The number of ether oxygens (including phenoxy) is 1. The molecule has 7 nitrogen and oxygen atoms in total. The summed E-state index contributed by atoms with van der Waals surface area (Å²) in [4.78, 5) is 15.0. The number of nitrogens with zero attached hydrogens (tertiary/aromatic N) is 2. The fraction of sp³-hybridized carbons (Fsp3) is 0.381. The van der Waals surface area contributed by atoms with Gasteiger partial charge in [0.1, 0.15) is 6.54 Å². The van der Waals surface area contributed by atoms with Crippen molar-refractivity contribution in [1.82, 2.24) is 10.2 Å². The highest BCUT2D eigenvalue weighted by Crippen LogP contribution is 2.30. The third kappa shape index (κ3) is 5.51. The van der Waals surface area contributed by atoms with Crippen LogP contribution in [0.3, 0.4) is 0 Å². The Morgan fingerprint density at radius 1 is 1.13 bits per heavy atom. The van der Waals surface area contributed by atoms with Gasteiger partial charge >= 0.3 is 0 Å². The average Bonchev–Trinajstić information content (AvgIpc) is 2.75. The second-order valence-electron chi connectivity index (χ2n) is 7.01. The third-order valence-electron chi connectivity index (χ3n) is 4.98. The van der Waals surface area contributed by atoms with Gasteiger partial charge in [-0.3, -0.25) is 14.0 Å². The summed E-state index contributed by atoms with van der Waals surface area (Å²) in [6.07, 6.45) is 0. The molecule has 3 rings (SSSR count). The van der Waals surface area contributed by atoms with Crippen molar-refractivity contribution in [1.29, 1.82) is 0 Å². The summed E-state index contributed by atoms with van der Waals surface area (Å²) < 4.78 is 33.1. The van der Waals surface area contributed by atoms with Crippen LogP contribution in [0.15, 0.2) is 53.4 Å². The number of hydrogen-bond acceptors (Lipinski definition) is 5. The molecule has 0 bridgehead atoms. The number of hydrogen-bond donors (Lipinski definition) is 1. The molecule has 1 fully saturated rings. The van der Waals surface area contributed by atoms with E-state index in [1.54, 1.807) is 43.3 Å². The van der Waals surface area contributed by atoms with Crippen molar-refractivity contribution in [2.45, 2.75) is 11.8 Å². The molecule has 0 saturated carbocycles. The van der Waals surface area contributed by atoms with Crippen LogP contribution in [-0.4, -0.2) is 65.2 Å². The van der Waals surface area contributed by atoms with Crippen LogP contribution in [-0.2, 0) is 19.6 Å². The van der Waals surface area contributed by atoms with Gasteiger partial charge < -0.3 is 10.1 Å². The zero-order chi connectivity index (χ0) is 21.6. The van der Waals surface area contributed by atoms with Gasteiger partial charge in [0.25, 0.3) is 10.0 Å². The Kier molecular flexibility index (Phi) is 7.71. The first-order valence-corrected chi connectivity index (χ1v) is 11.6. The Morgan fingerprint density at radius 2 is 1.83 bits per heavy atom. The van der Waals surface area contributed by atoms with E-state index in [-0.39, 0.29) is 17.3 Å². The van der Waals surface area contributed by atoms with Crippen LogP contribution in [0.1, 0.15) is 5.56 Å². The molecule has 0 aliphatic carbocycles. The van der Waals surface area contributed by atoms with E-state index in [1.807, 2.05) is 0 Å². The predicted molar refractivity (Wildman–Crippen MR) is 117 cm³/mol. The van der Waals surface area contributed by atoms with Crippen molar-refractivity contribution < 1.29 is 17.9 Å². The number of benzene rings is 2. The molecule has 162 valence electrons. The summed E-state index contributed by atoms with van der Waals surface area (Å²) >= 11 is 6.22. The Bertz CT molecular complexity index is 963. The lowest BCUT2D eigenvalue weighted by Gasteiger charge is -2.27. The standard InChI is InChI=1S/C21H26ClN3O4S/c1-17-19(22)8-5-9-20(17)25(30(27,28)18-6-3-2-4-7-18)16-21(26)23-10-11-24-12-14-29-15-13-24/h2-9H,10-16H2,1H3,(H,23,26). The number of morpholine rings is 1. The molecule has 30 heavy (non-hydrogen) atoms. The first kappa shape index (κ1) is 22.6. The van der Waals surface area contributed by atoms with Crippen LogP contribution in [0.5, 0.6) is 0 Å². The smallest absolute Gasteiger partial charge is 0.264 e. The molecule has 1 aliphatic rings. The van der Waals surface area contributed by atoms with Crippen LogP contribution in [0.25, 0.3) is 0 Å². The van der Waals surface area contributed by atoms with Crippen LogP contribution < -0.4 is 9.62 Å². The van der Waals surface area contributed by atoms with Crippen LogP contribution in [0, 0.1) is 6.92 Å². The monoisotopic (exact) mass is 451 g/mol. The minimum absolute atomic E-state index is 0.116. The van der Waals surface area contributed by atoms with Crippen molar-refractivity contribution >= 4 is 33.2 Å². The third-order valence-corrected chi connectivity index (χ3v) is 7.16. The Hall–Kier alpha value is -2.13. The largest absolute Gasteiger partial charge is 0.379 e. The predicted octanol–water partition coefficient (Wildman–Crippen LogP) is 2.29. The fourth-order valence-corrected chi connectivity index (χ4v) is 4.92. The number of carbonyl (C=O) groups is 1. The molecule has 0 aromatic heterocycles. The molecular formula is C21H26ClN3O4S. The highest BCUT2D eigenvalue weighted by molar-refractivity contribution is 7.92. The number of anilines is 1. The molecule has 0 spiro atoms. The Balaban J connectivity index is 1.78. The van der Waals surface area contributed by atoms with E-state index < -0.39 is 10.0 Å². The van der Waals surface area contributed by atoms with Crippen LogP contribution >= 0.6 is 11.6 Å². The molecule has 0 atom stereocenters. The number of rotatable bonds is 8. The van der Waals surface area contributed by atoms with E-state index in [0.29, 0.717) is 42.6 Å². The summed E-state index contributed by atoms with van der Waals surface area (Å²) in [6.45, 7) is 5.56. The van der Waals surface area contributed by atoms with Gasteiger partial charge in [-0.25, -0.2) is 8.42 Å². The van der Waals surface area contributed by atoms with E-state index >= 15 is 0 Å². The van der Waals surface area contributed by atoms with E-state index in [9.17, 15) is 13.2 Å². The molecular weight excluding hydrogens is 426 g/mol. The number of carbonyl (C=O) groups excluding carboxylic acids is 1. The lowest BCUT2D eigenvalue weighted by Crippen LogP contribution is -2.45. The van der Waals surface area contributed by atoms with E-state index in [2.05, 4.69) is 10.2 Å².